The molecule has 0 atom stereocenters. The summed E-state index contributed by atoms with van der Waals surface area (Å²) in [7, 11) is 0. The molecule has 1 aromatic heterocycles. The third-order valence-corrected chi connectivity index (χ3v) is 6.49. The smallest absolute Gasteiger partial charge is 0.418 e. The van der Waals surface area contributed by atoms with Crippen LogP contribution in [0.15, 0.2) is 84.9 Å². The third kappa shape index (κ3) is 5.38. The minimum atomic E-state index is -4.64. The molecule has 0 amide bonds. The number of alkyl halides is 3. The van der Waals surface area contributed by atoms with Crippen LogP contribution in [0.1, 0.15) is 34.8 Å². The Bertz CT molecular complexity index is 1690. The van der Waals surface area contributed by atoms with Gasteiger partial charge in [0.25, 0.3) is 0 Å². The number of hydrogen-bond acceptors (Lipinski definition) is 3. The van der Waals surface area contributed by atoms with Crippen LogP contribution in [0, 0.1) is 5.82 Å². The first-order valence-corrected chi connectivity index (χ1v) is 12.4. The van der Waals surface area contributed by atoms with Crippen molar-refractivity contribution < 1.29 is 27.1 Å². The van der Waals surface area contributed by atoms with Crippen molar-refractivity contribution in [1.82, 2.24) is 9.78 Å². The van der Waals surface area contributed by atoms with E-state index in [1.807, 2.05) is 0 Å². The van der Waals surface area contributed by atoms with Gasteiger partial charge in [0.05, 0.1) is 23.4 Å². The Morgan fingerprint density at radius 2 is 1.74 bits per heavy atom. The Balaban J connectivity index is 1.65. The lowest BCUT2D eigenvalue weighted by Crippen LogP contribution is -2.07. The molecule has 0 aliphatic carbocycles. The number of halogens is 5. The van der Waals surface area contributed by atoms with E-state index >= 15 is 0 Å². The standard InChI is InChI=1S/C30H21ClF4N2O2/c1-2-26(38)22-9-3-4-12-27(22)39-21-8-5-7-18(15-21)29-23-10-6-11-24(30(33,34)35)28(23)36-37(29)17-19-13-14-20(31)16-25(19)32/h3-16H,2,17H2,1H3. The number of para-hydroxylation sites is 1. The van der Waals surface area contributed by atoms with E-state index in [2.05, 4.69) is 5.10 Å². The molecular formula is C30H21ClF4N2O2. The van der Waals surface area contributed by atoms with Crippen LogP contribution < -0.4 is 4.74 Å². The molecule has 0 N–H and O–H groups in total. The summed E-state index contributed by atoms with van der Waals surface area (Å²) < 4.78 is 63.7. The van der Waals surface area contributed by atoms with Crippen LogP contribution >= 0.6 is 11.6 Å². The van der Waals surface area contributed by atoms with Crippen LogP contribution in [-0.2, 0) is 12.7 Å². The number of ether oxygens (including phenoxy) is 1. The summed E-state index contributed by atoms with van der Waals surface area (Å²) in [6, 6.07) is 21.5. The number of nitrogens with zero attached hydrogens (tertiary/aromatic N) is 2. The first-order valence-electron chi connectivity index (χ1n) is 12.1. The molecule has 0 unspecified atom stereocenters. The highest BCUT2D eigenvalue weighted by molar-refractivity contribution is 6.30. The number of benzene rings is 4. The van der Waals surface area contributed by atoms with Gasteiger partial charge in [0.2, 0.25) is 0 Å². The van der Waals surface area contributed by atoms with Crippen molar-refractivity contribution in [2.45, 2.75) is 26.1 Å². The molecule has 198 valence electrons. The molecule has 0 saturated carbocycles. The average Bonchev–Trinajstić information content (AvgIpc) is 3.27. The van der Waals surface area contributed by atoms with E-state index in [0.717, 1.165) is 12.1 Å². The highest BCUT2D eigenvalue weighted by Gasteiger charge is 2.34. The lowest BCUT2D eigenvalue weighted by Gasteiger charge is -2.13. The Kier molecular flexibility index (Phi) is 7.14. The van der Waals surface area contributed by atoms with Crippen LogP contribution in [0.2, 0.25) is 5.02 Å². The van der Waals surface area contributed by atoms with Crippen molar-refractivity contribution in [3.05, 3.63) is 112 Å². The number of rotatable bonds is 7. The van der Waals surface area contributed by atoms with Gasteiger partial charge < -0.3 is 4.74 Å². The number of carbonyl (C=O) groups excluding carboxylic acids is 1. The first-order chi connectivity index (χ1) is 18.7. The van der Waals surface area contributed by atoms with Crippen LogP contribution in [-0.4, -0.2) is 15.6 Å². The van der Waals surface area contributed by atoms with Crippen molar-refractivity contribution in [3.8, 4) is 22.8 Å². The zero-order valence-corrected chi connectivity index (χ0v) is 21.4. The molecule has 5 aromatic rings. The summed E-state index contributed by atoms with van der Waals surface area (Å²) in [5.74, 6) is 0.0469. The molecule has 0 saturated heterocycles. The van der Waals surface area contributed by atoms with Crippen molar-refractivity contribution in [2.75, 3.05) is 0 Å². The lowest BCUT2D eigenvalue weighted by molar-refractivity contribution is -0.136. The first kappa shape index (κ1) is 26.4. The minimum Gasteiger partial charge on any atom is -0.457 e. The number of carbonyl (C=O) groups is 1. The zero-order chi connectivity index (χ0) is 27.7. The minimum absolute atomic E-state index is 0.0875. The number of aromatic nitrogens is 2. The summed E-state index contributed by atoms with van der Waals surface area (Å²) >= 11 is 5.88. The van der Waals surface area contributed by atoms with E-state index in [1.54, 1.807) is 61.5 Å². The maximum Gasteiger partial charge on any atom is 0.418 e. The number of hydrogen-bond donors (Lipinski definition) is 0. The van der Waals surface area contributed by atoms with E-state index in [9.17, 15) is 22.4 Å². The fourth-order valence-corrected chi connectivity index (χ4v) is 4.58. The van der Waals surface area contributed by atoms with Gasteiger partial charge in [0, 0.05) is 28.0 Å². The number of fused-ring (bicyclic) bond motifs is 1. The van der Waals surface area contributed by atoms with Gasteiger partial charge in [-0.05, 0) is 42.5 Å². The van der Waals surface area contributed by atoms with Crippen LogP contribution in [0.3, 0.4) is 0 Å². The quantitative estimate of drug-likeness (QED) is 0.149. The van der Waals surface area contributed by atoms with E-state index in [4.69, 9.17) is 16.3 Å². The third-order valence-electron chi connectivity index (χ3n) is 6.25. The molecule has 0 fully saturated rings. The highest BCUT2D eigenvalue weighted by Crippen LogP contribution is 2.39. The molecule has 39 heavy (non-hydrogen) atoms. The van der Waals surface area contributed by atoms with E-state index < -0.39 is 17.6 Å². The van der Waals surface area contributed by atoms with Crippen molar-refractivity contribution in [3.63, 3.8) is 0 Å². The van der Waals surface area contributed by atoms with Gasteiger partial charge >= 0.3 is 6.18 Å². The molecule has 4 aromatic carbocycles. The molecule has 0 aliphatic heterocycles. The van der Waals surface area contributed by atoms with E-state index in [0.29, 0.717) is 34.7 Å². The molecule has 0 radical (unpaired) electrons. The molecular weight excluding hydrogens is 532 g/mol. The number of ketones is 1. The van der Waals surface area contributed by atoms with Gasteiger partial charge in [-0.25, -0.2) is 4.39 Å². The fourth-order valence-electron chi connectivity index (χ4n) is 4.42. The lowest BCUT2D eigenvalue weighted by atomic mass is 10.0. The molecule has 9 heteroatoms. The summed E-state index contributed by atoms with van der Waals surface area (Å²) in [4.78, 5) is 12.4. The maximum absolute atomic E-state index is 14.7. The molecule has 0 spiro atoms. The zero-order valence-electron chi connectivity index (χ0n) is 20.6. The van der Waals surface area contributed by atoms with Gasteiger partial charge in [0.15, 0.2) is 5.78 Å². The average molecular weight is 553 g/mol. The maximum atomic E-state index is 14.7. The van der Waals surface area contributed by atoms with Gasteiger partial charge in [-0.15, -0.1) is 0 Å². The van der Waals surface area contributed by atoms with Crippen LogP contribution in [0.25, 0.3) is 22.2 Å². The second-order valence-electron chi connectivity index (χ2n) is 8.84. The second kappa shape index (κ2) is 10.5. The Morgan fingerprint density at radius 3 is 2.49 bits per heavy atom. The fraction of sp³-hybridized carbons (Fsp3) is 0.133. The predicted molar refractivity (Wildman–Crippen MR) is 142 cm³/mol. The Hall–Kier alpha value is -4.17. The summed E-state index contributed by atoms with van der Waals surface area (Å²) in [5, 5.41) is 4.74. The topological polar surface area (TPSA) is 44.1 Å². The van der Waals surface area contributed by atoms with Crippen molar-refractivity contribution >= 4 is 28.3 Å². The van der Waals surface area contributed by atoms with Gasteiger partial charge in [-0.3, -0.25) is 9.48 Å². The Morgan fingerprint density at radius 1 is 0.974 bits per heavy atom. The Labute approximate surface area is 226 Å². The highest BCUT2D eigenvalue weighted by atomic mass is 35.5. The molecule has 0 bridgehead atoms. The van der Waals surface area contributed by atoms with Crippen molar-refractivity contribution in [1.29, 1.82) is 0 Å². The number of Topliss-reactive ketones (excluding diaryl/α,β-unsaturated/α-hetero) is 1. The van der Waals surface area contributed by atoms with Crippen LogP contribution in [0.4, 0.5) is 17.6 Å². The normalized spacial score (nSPS) is 11.6. The molecule has 4 nitrogen and oxygen atoms in total. The van der Waals surface area contributed by atoms with Gasteiger partial charge in [-0.1, -0.05) is 61.0 Å². The second-order valence-corrected chi connectivity index (χ2v) is 9.28. The van der Waals surface area contributed by atoms with Gasteiger partial charge in [0.1, 0.15) is 22.8 Å². The SMILES string of the molecule is CCC(=O)c1ccccc1Oc1cccc(-c2c3cccc(C(F)(F)F)c3nn2Cc2ccc(Cl)cc2F)c1. The van der Waals surface area contributed by atoms with Gasteiger partial charge in [-0.2, -0.15) is 18.3 Å². The monoisotopic (exact) mass is 552 g/mol. The predicted octanol–water partition coefficient (Wildman–Crippen LogP) is 8.95. The van der Waals surface area contributed by atoms with E-state index in [-0.39, 0.29) is 33.8 Å². The summed E-state index contributed by atoms with van der Waals surface area (Å²) in [6.07, 6.45) is -4.34. The van der Waals surface area contributed by atoms with E-state index in [1.165, 1.54) is 22.9 Å². The largest absolute Gasteiger partial charge is 0.457 e. The summed E-state index contributed by atoms with van der Waals surface area (Å²) in [6.45, 7) is 1.62. The molecule has 1 heterocycles. The van der Waals surface area contributed by atoms with Crippen LogP contribution in [0.5, 0.6) is 11.5 Å². The molecule has 5 rings (SSSR count). The molecule has 0 aliphatic rings. The summed E-state index contributed by atoms with van der Waals surface area (Å²) in [5.41, 5.74) is 0.350. The van der Waals surface area contributed by atoms with Crippen molar-refractivity contribution in [2.24, 2.45) is 0 Å².